The van der Waals surface area contributed by atoms with Crippen molar-refractivity contribution >= 4 is 38.8 Å². The number of amides is 1. The van der Waals surface area contributed by atoms with Crippen LogP contribution in [0.3, 0.4) is 0 Å². The minimum Gasteiger partial charge on any atom is -0.370 e. The smallest absolute Gasteiger partial charge is 0.262 e. The van der Waals surface area contributed by atoms with Gasteiger partial charge in [-0.15, -0.1) is 22.7 Å². The second-order valence-corrected chi connectivity index (χ2v) is 7.63. The number of aryl methyl sites for hydroxylation is 2. The lowest BCUT2D eigenvalue weighted by Gasteiger charge is -2.09. The highest BCUT2D eigenvalue weighted by atomic mass is 32.1. The predicted octanol–water partition coefficient (Wildman–Crippen LogP) is 3.32. The molecule has 0 fully saturated rings. The van der Waals surface area contributed by atoms with Gasteiger partial charge in [-0.05, 0) is 31.2 Å². The topological polar surface area (TPSA) is 78.0 Å². The first-order valence-electron chi connectivity index (χ1n) is 7.88. The monoisotopic (exact) mass is 361 g/mol. The molecular formula is C17H19N3O2S2. The minimum absolute atomic E-state index is 0.0266. The number of nitrogens with zero attached hydrogens (tertiary/aromatic N) is 2. The van der Waals surface area contributed by atoms with Crippen molar-refractivity contribution in [3.8, 4) is 10.4 Å². The lowest BCUT2D eigenvalue weighted by atomic mass is 10.1. The molecule has 0 bridgehead atoms. The highest BCUT2D eigenvalue weighted by Gasteiger charge is 2.20. The lowest BCUT2D eigenvalue weighted by molar-refractivity contribution is -0.118. The quantitative estimate of drug-likeness (QED) is 0.731. The molecular weight excluding hydrogens is 342 g/mol. The molecule has 0 aliphatic rings. The number of nitrogens with two attached hydrogens (primary N) is 1. The molecule has 24 heavy (non-hydrogen) atoms. The molecule has 3 heterocycles. The molecule has 3 aromatic rings. The molecule has 3 aromatic heterocycles. The number of hydrogen-bond donors (Lipinski definition) is 1. The number of aromatic nitrogens is 2. The van der Waals surface area contributed by atoms with Crippen molar-refractivity contribution in [2.45, 2.75) is 39.7 Å². The number of hydrogen-bond acceptors (Lipinski definition) is 5. The first kappa shape index (κ1) is 16.9. The normalized spacial score (nSPS) is 11.2. The van der Waals surface area contributed by atoms with E-state index in [2.05, 4.69) is 11.9 Å². The fraction of sp³-hybridized carbons (Fsp3) is 0.353. The summed E-state index contributed by atoms with van der Waals surface area (Å²) in [6.45, 7) is 4.39. The van der Waals surface area contributed by atoms with E-state index in [1.54, 1.807) is 27.2 Å². The third-order valence-corrected chi connectivity index (χ3v) is 6.08. The van der Waals surface area contributed by atoms with Crippen LogP contribution in [0.2, 0.25) is 0 Å². The summed E-state index contributed by atoms with van der Waals surface area (Å²) in [4.78, 5) is 31.8. The maximum Gasteiger partial charge on any atom is 0.262 e. The SMILES string of the molecule is CCc1sc2nc(C)n(CCCC(N)=O)c(=O)c2c1-c1cccs1. The molecule has 2 N–H and O–H groups in total. The molecule has 126 valence electrons. The summed E-state index contributed by atoms with van der Waals surface area (Å²) >= 11 is 3.23. The van der Waals surface area contributed by atoms with Gasteiger partial charge in [0.2, 0.25) is 5.91 Å². The van der Waals surface area contributed by atoms with Gasteiger partial charge in [-0.1, -0.05) is 13.0 Å². The van der Waals surface area contributed by atoms with Crippen molar-refractivity contribution in [2.24, 2.45) is 5.73 Å². The number of fused-ring (bicyclic) bond motifs is 1. The standard InChI is InChI=1S/C17H19N3O2S2/c1-3-11-14(12-6-5-9-23-12)15-16(24-11)19-10(2)20(17(15)22)8-4-7-13(18)21/h5-6,9H,3-4,7-8H2,1-2H3,(H2,18,21). The fourth-order valence-electron chi connectivity index (χ4n) is 2.84. The van der Waals surface area contributed by atoms with Crippen LogP contribution in [0, 0.1) is 6.92 Å². The van der Waals surface area contributed by atoms with Gasteiger partial charge >= 0.3 is 0 Å². The Labute approximate surface area is 147 Å². The van der Waals surface area contributed by atoms with Gasteiger partial charge in [0, 0.05) is 28.3 Å². The van der Waals surface area contributed by atoms with Crippen molar-refractivity contribution < 1.29 is 4.79 Å². The van der Waals surface area contributed by atoms with E-state index in [1.165, 1.54) is 4.88 Å². The zero-order valence-corrected chi connectivity index (χ0v) is 15.3. The number of carbonyl (C=O) groups excluding carboxylic acids is 1. The molecule has 0 aliphatic heterocycles. The second kappa shape index (κ2) is 6.86. The predicted molar refractivity (Wildman–Crippen MR) is 99.7 cm³/mol. The molecule has 0 atom stereocenters. The van der Waals surface area contributed by atoms with Crippen molar-refractivity contribution in [1.29, 1.82) is 0 Å². The summed E-state index contributed by atoms with van der Waals surface area (Å²) in [6, 6.07) is 4.04. The molecule has 0 unspecified atom stereocenters. The Bertz CT molecular complexity index is 939. The Hall–Kier alpha value is -1.99. The third-order valence-electron chi connectivity index (χ3n) is 3.97. The van der Waals surface area contributed by atoms with Crippen LogP contribution < -0.4 is 11.3 Å². The number of carbonyl (C=O) groups is 1. The van der Waals surface area contributed by atoms with E-state index in [0.717, 1.165) is 21.7 Å². The van der Waals surface area contributed by atoms with Crippen molar-refractivity contribution in [3.63, 3.8) is 0 Å². The molecule has 1 amide bonds. The maximum absolute atomic E-state index is 13.1. The molecule has 0 spiro atoms. The van der Waals surface area contributed by atoms with Crippen molar-refractivity contribution in [3.05, 3.63) is 38.6 Å². The van der Waals surface area contributed by atoms with Gasteiger partial charge in [0.15, 0.2) is 0 Å². The molecule has 0 radical (unpaired) electrons. The summed E-state index contributed by atoms with van der Waals surface area (Å²) < 4.78 is 1.66. The molecule has 0 aliphatic carbocycles. The largest absolute Gasteiger partial charge is 0.370 e. The number of rotatable bonds is 6. The summed E-state index contributed by atoms with van der Waals surface area (Å²) in [6.07, 6.45) is 1.68. The van der Waals surface area contributed by atoms with E-state index in [1.807, 2.05) is 24.4 Å². The van der Waals surface area contributed by atoms with Crippen LogP contribution in [0.4, 0.5) is 0 Å². The molecule has 5 nitrogen and oxygen atoms in total. The van der Waals surface area contributed by atoms with E-state index in [0.29, 0.717) is 24.2 Å². The summed E-state index contributed by atoms with van der Waals surface area (Å²) in [7, 11) is 0. The van der Waals surface area contributed by atoms with Crippen molar-refractivity contribution in [2.75, 3.05) is 0 Å². The van der Waals surface area contributed by atoms with Crippen LogP contribution in [-0.2, 0) is 17.8 Å². The molecule has 7 heteroatoms. The first-order valence-corrected chi connectivity index (χ1v) is 9.57. The minimum atomic E-state index is -0.349. The Morgan fingerprint density at radius 2 is 2.21 bits per heavy atom. The summed E-state index contributed by atoms with van der Waals surface area (Å²) in [5, 5.41) is 2.72. The first-order chi connectivity index (χ1) is 11.5. The second-order valence-electron chi connectivity index (χ2n) is 5.60. The Morgan fingerprint density at radius 3 is 2.83 bits per heavy atom. The highest BCUT2D eigenvalue weighted by Crippen LogP contribution is 2.38. The van der Waals surface area contributed by atoms with Crippen LogP contribution in [0.5, 0.6) is 0 Å². The van der Waals surface area contributed by atoms with E-state index in [9.17, 15) is 9.59 Å². The van der Waals surface area contributed by atoms with E-state index in [4.69, 9.17) is 5.73 Å². The van der Waals surface area contributed by atoms with Gasteiger partial charge < -0.3 is 5.73 Å². The maximum atomic E-state index is 13.1. The summed E-state index contributed by atoms with van der Waals surface area (Å²) in [5.74, 6) is 0.330. The Morgan fingerprint density at radius 1 is 1.42 bits per heavy atom. The summed E-state index contributed by atoms with van der Waals surface area (Å²) in [5.41, 5.74) is 6.19. The fourth-order valence-corrected chi connectivity index (χ4v) is 4.87. The zero-order valence-electron chi connectivity index (χ0n) is 13.7. The van der Waals surface area contributed by atoms with Crippen LogP contribution >= 0.6 is 22.7 Å². The molecule has 3 rings (SSSR count). The average molecular weight is 361 g/mol. The highest BCUT2D eigenvalue weighted by molar-refractivity contribution is 7.20. The Kier molecular flexibility index (Phi) is 4.82. The van der Waals surface area contributed by atoms with Crippen LogP contribution in [0.15, 0.2) is 22.3 Å². The van der Waals surface area contributed by atoms with E-state index >= 15 is 0 Å². The van der Waals surface area contributed by atoms with Gasteiger partial charge in [0.25, 0.3) is 5.56 Å². The van der Waals surface area contributed by atoms with Gasteiger partial charge in [0.05, 0.1) is 5.39 Å². The van der Waals surface area contributed by atoms with Crippen LogP contribution in [-0.4, -0.2) is 15.5 Å². The third kappa shape index (κ3) is 3.01. The lowest BCUT2D eigenvalue weighted by Crippen LogP contribution is -2.24. The van der Waals surface area contributed by atoms with Gasteiger partial charge in [-0.2, -0.15) is 0 Å². The van der Waals surface area contributed by atoms with E-state index in [-0.39, 0.29) is 17.9 Å². The van der Waals surface area contributed by atoms with E-state index < -0.39 is 0 Å². The molecule has 0 saturated heterocycles. The molecule has 0 saturated carbocycles. The van der Waals surface area contributed by atoms with Crippen LogP contribution in [0.1, 0.15) is 30.5 Å². The van der Waals surface area contributed by atoms with Gasteiger partial charge in [-0.3, -0.25) is 14.2 Å². The molecule has 0 aromatic carbocycles. The van der Waals surface area contributed by atoms with Crippen LogP contribution in [0.25, 0.3) is 20.7 Å². The number of thiophene rings is 2. The average Bonchev–Trinajstić information content (AvgIpc) is 3.16. The van der Waals surface area contributed by atoms with Crippen molar-refractivity contribution in [1.82, 2.24) is 9.55 Å². The van der Waals surface area contributed by atoms with Gasteiger partial charge in [-0.25, -0.2) is 4.98 Å². The number of primary amides is 1. The van der Waals surface area contributed by atoms with Gasteiger partial charge in [0.1, 0.15) is 10.7 Å². The Balaban J connectivity index is 2.17. The zero-order chi connectivity index (χ0) is 17.3.